The van der Waals surface area contributed by atoms with E-state index in [4.69, 9.17) is 0 Å². The summed E-state index contributed by atoms with van der Waals surface area (Å²) in [5, 5.41) is 11.8. The first-order valence-electron chi connectivity index (χ1n) is 7.24. The molecule has 0 saturated heterocycles. The van der Waals surface area contributed by atoms with Gasteiger partial charge in [-0.05, 0) is 42.2 Å². The third-order valence-corrected chi connectivity index (χ3v) is 4.91. The largest absolute Gasteiger partial charge is 0.481 e. The second kappa shape index (κ2) is 7.46. The van der Waals surface area contributed by atoms with Crippen molar-refractivity contribution in [3.63, 3.8) is 0 Å². The predicted octanol–water partition coefficient (Wildman–Crippen LogP) is 4.01. The summed E-state index contributed by atoms with van der Waals surface area (Å²) in [6.07, 6.45) is 8.05. The molecule has 1 N–H and O–H groups in total. The van der Waals surface area contributed by atoms with Crippen molar-refractivity contribution in [2.24, 2.45) is 5.92 Å². The second-order valence-electron chi connectivity index (χ2n) is 5.27. The van der Waals surface area contributed by atoms with Crippen LogP contribution < -0.4 is 0 Å². The number of thioether (sulfide) groups is 1. The first kappa shape index (κ1) is 15.8. The van der Waals surface area contributed by atoms with E-state index in [2.05, 4.69) is 23.2 Å². The molecule has 0 aliphatic heterocycles. The van der Waals surface area contributed by atoms with Gasteiger partial charge in [-0.2, -0.15) is 11.8 Å². The summed E-state index contributed by atoms with van der Waals surface area (Å²) in [5.74, 6) is -0.965. The van der Waals surface area contributed by atoms with Gasteiger partial charge < -0.3 is 5.11 Å². The number of aliphatic carboxylic acids is 1. The molecule has 1 heterocycles. The quantitative estimate of drug-likeness (QED) is 0.839. The summed E-state index contributed by atoms with van der Waals surface area (Å²) in [6.45, 7) is 2.04. The first-order valence-corrected chi connectivity index (χ1v) is 8.52. The molecular weight excluding hydrogens is 282 g/mol. The number of aromatic nitrogens is 1. The van der Waals surface area contributed by atoms with Crippen LogP contribution in [0.1, 0.15) is 25.3 Å². The van der Waals surface area contributed by atoms with Gasteiger partial charge in [0.2, 0.25) is 0 Å². The molecule has 0 saturated carbocycles. The van der Waals surface area contributed by atoms with E-state index in [9.17, 15) is 9.90 Å². The number of pyridine rings is 1. The standard InChI is InChI=1S/C17H21NO2S/c1-3-4-15(17(19)20)16(21-2)10-12-5-6-13-7-8-18-11-14(13)9-12/h5-9,11,15-16H,3-4,10H2,1-2H3,(H,19,20). The van der Waals surface area contributed by atoms with Crippen LogP contribution in [-0.4, -0.2) is 27.6 Å². The van der Waals surface area contributed by atoms with E-state index in [1.165, 1.54) is 5.56 Å². The van der Waals surface area contributed by atoms with E-state index in [-0.39, 0.29) is 11.2 Å². The number of carbonyl (C=O) groups is 1. The first-order chi connectivity index (χ1) is 10.2. The molecule has 2 rings (SSSR count). The summed E-state index contributed by atoms with van der Waals surface area (Å²) >= 11 is 1.65. The van der Waals surface area contributed by atoms with Crippen molar-refractivity contribution >= 4 is 28.5 Å². The van der Waals surface area contributed by atoms with Gasteiger partial charge in [0.25, 0.3) is 0 Å². The molecule has 3 nitrogen and oxygen atoms in total. The van der Waals surface area contributed by atoms with Crippen LogP contribution in [0.4, 0.5) is 0 Å². The molecule has 1 aromatic heterocycles. The number of carboxylic acids is 1. The van der Waals surface area contributed by atoms with E-state index < -0.39 is 5.97 Å². The Morgan fingerprint density at radius 1 is 1.33 bits per heavy atom. The van der Waals surface area contributed by atoms with E-state index in [1.54, 1.807) is 18.0 Å². The maximum Gasteiger partial charge on any atom is 0.307 e. The van der Waals surface area contributed by atoms with Crippen molar-refractivity contribution in [3.05, 3.63) is 42.2 Å². The Morgan fingerprint density at radius 3 is 2.81 bits per heavy atom. The summed E-state index contributed by atoms with van der Waals surface area (Å²) in [7, 11) is 0. The third kappa shape index (κ3) is 3.97. The fourth-order valence-corrected chi connectivity index (χ4v) is 3.60. The van der Waals surface area contributed by atoms with Crippen molar-refractivity contribution in [1.82, 2.24) is 4.98 Å². The molecule has 0 spiro atoms. The lowest BCUT2D eigenvalue weighted by atomic mass is 9.94. The number of nitrogens with zero attached hydrogens (tertiary/aromatic N) is 1. The van der Waals surface area contributed by atoms with E-state index in [0.717, 1.165) is 30.0 Å². The Labute approximate surface area is 129 Å². The van der Waals surface area contributed by atoms with Gasteiger partial charge in [-0.3, -0.25) is 9.78 Å². The van der Waals surface area contributed by atoms with Gasteiger partial charge in [-0.15, -0.1) is 0 Å². The van der Waals surface area contributed by atoms with Crippen LogP contribution >= 0.6 is 11.8 Å². The second-order valence-corrected chi connectivity index (χ2v) is 6.35. The minimum atomic E-state index is -0.682. The molecular formula is C17H21NO2S. The topological polar surface area (TPSA) is 50.2 Å². The minimum absolute atomic E-state index is 0.108. The zero-order valence-corrected chi connectivity index (χ0v) is 13.3. The van der Waals surface area contributed by atoms with Gasteiger partial charge in [0.15, 0.2) is 0 Å². The Balaban J connectivity index is 2.21. The highest BCUT2D eigenvalue weighted by Crippen LogP contribution is 2.27. The molecule has 0 bridgehead atoms. The number of hydrogen-bond donors (Lipinski definition) is 1. The van der Waals surface area contributed by atoms with Crippen molar-refractivity contribution < 1.29 is 9.90 Å². The van der Waals surface area contributed by atoms with Crippen molar-refractivity contribution in [2.75, 3.05) is 6.26 Å². The third-order valence-electron chi connectivity index (χ3n) is 3.81. The summed E-state index contributed by atoms with van der Waals surface area (Å²) < 4.78 is 0. The van der Waals surface area contributed by atoms with E-state index in [0.29, 0.717) is 0 Å². The lowest BCUT2D eigenvalue weighted by molar-refractivity contribution is -0.141. The Hall–Kier alpha value is -1.55. The highest BCUT2D eigenvalue weighted by Gasteiger charge is 2.26. The zero-order valence-electron chi connectivity index (χ0n) is 12.5. The molecule has 0 fully saturated rings. The lowest BCUT2D eigenvalue weighted by Crippen LogP contribution is -2.27. The fourth-order valence-electron chi connectivity index (χ4n) is 2.66. The smallest absolute Gasteiger partial charge is 0.307 e. The van der Waals surface area contributed by atoms with Gasteiger partial charge in [-0.25, -0.2) is 0 Å². The van der Waals surface area contributed by atoms with Crippen LogP contribution in [0.3, 0.4) is 0 Å². The lowest BCUT2D eigenvalue weighted by Gasteiger charge is -2.22. The molecule has 2 unspecified atom stereocenters. The number of carboxylic acid groups (broad SMARTS) is 1. The van der Waals surface area contributed by atoms with E-state index >= 15 is 0 Å². The Morgan fingerprint density at radius 2 is 2.14 bits per heavy atom. The van der Waals surface area contributed by atoms with E-state index in [1.807, 2.05) is 25.4 Å². The summed E-state index contributed by atoms with van der Waals surface area (Å²) in [6, 6.07) is 8.29. The molecule has 0 amide bonds. The molecule has 112 valence electrons. The van der Waals surface area contributed by atoms with Crippen LogP contribution in [0.25, 0.3) is 10.8 Å². The number of hydrogen-bond acceptors (Lipinski definition) is 3. The Kier molecular flexibility index (Phi) is 5.62. The molecule has 0 aliphatic carbocycles. The molecule has 21 heavy (non-hydrogen) atoms. The molecule has 2 atom stereocenters. The summed E-state index contributed by atoms with van der Waals surface area (Å²) in [5.41, 5.74) is 1.18. The average Bonchev–Trinajstić information content (AvgIpc) is 2.50. The van der Waals surface area contributed by atoms with Crippen LogP contribution in [0.5, 0.6) is 0 Å². The molecule has 0 aliphatic rings. The highest BCUT2D eigenvalue weighted by molar-refractivity contribution is 7.99. The molecule has 1 aromatic carbocycles. The number of benzene rings is 1. The van der Waals surface area contributed by atoms with Gasteiger partial charge >= 0.3 is 5.97 Å². The van der Waals surface area contributed by atoms with Gasteiger partial charge in [0, 0.05) is 23.0 Å². The van der Waals surface area contributed by atoms with Crippen LogP contribution in [0, 0.1) is 5.92 Å². The zero-order chi connectivity index (χ0) is 15.2. The van der Waals surface area contributed by atoms with Gasteiger partial charge in [-0.1, -0.05) is 25.5 Å². The maximum atomic E-state index is 11.5. The molecule has 4 heteroatoms. The van der Waals surface area contributed by atoms with Gasteiger partial charge in [0.1, 0.15) is 0 Å². The monoisotopic (exact) mass is 303 g/mol. The molecule has 0 radical (unpaired) electrons. The SMILES string of the molecule is CCCC(C(=O)O)C(Cc1ccc2ccncc2c1)SC. The van der Waals surface area contributed by atoms with Crippen molar-refractivity contribution in [3.8, 4) is 0 Å². The van der Waals surface area contributed by atoms with Crippen molar-refractivity contribution in [2.45, 2.75) is 31.4 Å². The van der Waals surface area contributed by atoms with Crippen LogP contribution in [-0.2, 0) is 11.2 Å². The fraction of sp³-hybridized carbons (Fsp3) is 0.412. The number of fused-ring (bicyclic) bond motifs is 1. The molecule has 2 aromatic rings. The minimum Gasteiger partial charge on any atom is -0.481 e. The maximum absolute atomic E-state index is 11.5. The predicted molar refractivity (Wildman–Crippen MR) is 88.8 cm³/mol. The summed E-state index contributed by atoms with van der Waals surface area (Å²) in [4.78, 5) is 15.6. The van der Waals surface area contributed by atoms with Gasteiger partial charge in [0.05, 0.1) is 5.92 Å². The van der Waals surface area contributed by atoms with Crippen molar-refractivity contribution in [1.29, 1.82) is 0 Å². The van der Waals surface area contributed by atoms with Crippen LogP contribution in [0.15, 0.2) is 36.7 Å². The highest BCUT2D eigenvalue weighted by atomic mass is 32.2. The Bertz CT molecular complexity index is 615. The van der Waals surface area contributed by atoms with Crippen LogP contribution in [0.2, 0.25) is 0 Å². The average molecular weight is 303 g/mol. The number of rotatable bonds is 7. The normalized spacial score (nSPS) is 14.0.